The van der Waals surface area contributed by atoms with Crippen LogP contribution in [0.15, 0.2) is 48.5 Å². The quantitative estimate of drug-likeness (QED) is 0.797. The number of hydrogen-bond acceptors (Lipinski definition) is 2. The Morgan fingerprint density at radius 2 is 1.79 bits per heavy atom. The molecule has 0 aliphatic heterocycles. The van der Waals surface area contributed by atoms with Gasteiger partial charge >= 0.3 is 0 Å². The van der Waals surface area contributed by atoms with Crippen LogP contribution in [0.5, 0.6) is 5.75 Å². The zero-order valence-corrected chi connectivity index (χ0v) is 13.0. The Labute approximate surface area is 127 Å². The van der Waals surface area contributed by atoms with Crippen LogP contribution in [0.3, 0.4) is 0 Å². The Morgan fingerprint density at radius 3 is 2.47 bits per heavy atom. The Morgan fingerprint density at radius 1 is 1.11 bits per heavy atom. The summed E-state index contributed by atoms with van der Waals surface area (Å²) >= 11 is 2.28. The lowest BCUT2D eigenvalue weighted by Gasteiger charge is -2.15. The Balaban J connectivity index is 2.09. The van der Waals surface area contributed by atoms with Crippen molar-refractivity contribution in [1.29, 1.82) is 0 Å². The normalized spacial score (nSPS) is 12.2. The number of benzene rings is 2. The predicted molar refractivity (Wildman–Crippen MR) is 85.2 cm³/mol. The molecular weight excluding hydrogens is 351 g/mol. The minimum absolute atomic E-state index is 0.465. The molecule has 0 amide bonds. The lowest BCUT2D eigenvalue weighted by Crippen LogP contribution is -2.02. The van der Waals surface area contributed by atoms with E-state index in [1.165, 1.54) is 3.57 Å². The standard InChI is InChI=1S/C16H17IO2/c1-2-15(18)14-5-3-4-6-16(14)19-11-12-7-9-13(17)10-8-12/h3-10,15,18H,2,11H2,1H3/t15-/m1/s1. The van der Waals surface area contributed by atoms with Gasteiger partial charge in [-0.2, -0.15) is 0 Å². The number of para-hydroxylation sites is 1. The summed E-state index contributed by atoms with van der Waals surface area (Å²) in [6.07, 6.45) is 0.220. The van der Waals surface area contributed by atoms with Crippen LogP contribution in [0.1, 0.15) is 30.6 Å². The third kappa shape index (κ3) is 3.94. The number of hydrogen-bond donors (Lipinski definition) is 1. The van der Waals surface area contributed by atoms with Crippen LogP contribution < -0.4 is 4.74 Å². The second-order valence-electron chi connectivity index (χ2n) is 4.38. The van der Waals surface area contributed by atoms with Gasteiger partial charge in [0, 0.05) is 9.13 Å². The minimum Gasteiger partial charge on any atom is -0.489 e. The first-order chi connectivity index (χ1) is 9.20. The Hall–Kier alpha value is -1.07. The van der Waals surface area contributed by atoms with Crippen molar-refractivity contribution in [2.45, 2.75) is 26.1 Å². The summed E-state index contributed by atoms with van der Waals surface area (Å²) in [5.41, 5.74) is 1.98. The molecule has 19 heavy (non-hydrogen) atoms. The van der Waals surface area contributed by atoms with E-state index in [2.05, 4.69) is 46.9 Å². The van der Waals surface area contributed by atoms with Gasteiger partial charge in [-0.05, 0) is 52.8 Å². The lowest BCUT2D eigenvalue weighted by molar-refractivity contribution is 0.166. The molecule has 0 saturated heterocycles. The largest absolute Gasteiger partial charge is 0.489 e. The molecule has 2 rings (SSSR count). The van der Waals surface area contributed by atoms with Crippen LogP contribution in [0.2, 0.25) is 0 Å². The van der Waals surface area contributed by atoms with Gasteiger partial charge in [0.25, 0.3) is 0 Å². The number of halogens is 1. The highest BCUT2D eigenvalue weighted by molar-refractivity contribution is 14.1. The van der Waals surface area contributed by atoms with Gasteiger partial charge in [-0.15, -0.1) is 0 Å². The van der Waals surface area contributed by atoms with Gasteiger partial charge in [0.15, 0.2) is 0 Å². The van der Waals surface area contributed by atoms with E-state index < -0.39 is 6.10 Å². The smallest absolute Gasteiger partial charge is 0.125 e. The second kappa shape index (κ2) is 6.91. The monoisotopic (exact) mass is 368 g/mol. The van der Waals surface area contributed by atoms with Crippen molar-refractivity contribution in [2.24, 2.45) is 0 Å². The summed E-state index contributed by atoms with van der Waals surface area (Å²) in [6.45, 7) is 2.48. The van der Waals surface area contributed by atoms with E-state index >= 15 is 0 Å². The molecule has 0 saturated carbocycles. The van der Waals surface area contributed by atoms with Gasteiger partial charge in [-0.3, -0.25) is 0 Å². The van der Waals surface area contributed by atoms with Gasteiger partial charge in [-0.25, -0.2) is 0 Å². The van der Waals surface area contributed by atoms with Gasteiger partial charge < -0.3 is 9.84 Å². The molecule has 2 aromatic rings. The molecular formula is C16H17IO2. The fourth-order valence-corrected chi connectivity index (χ4v) is 2.21. The van der Waals surface area contributed by atoms with Crippen molar-refractivity contribution in [2.75, 3.05) is 0 Å². The highest BCUT2D eigenvalue weighted by Crippen LogP contribution is 2.27. The maximum absolute atomic E-state index is 9.96. The third-order valence-electron chi connectivity index (χ3n) is 2.97. The number of aliphatic hydroxyl groups excluding tert-OH is 1. The summed E-state index contributed by atoms with van der Waals surface area (Å²) < 4.78 is 7.03. The van der Waals surface area contributed by atoms with E-state index in [9.17, 15) is 5.11 Å². The van der Waals surface area contributed by atoms with Crippen LogP contribution in [-0.4, -0.2) is 5.11 Å². The molecule has 1 atom stereocenters. The summed E-state index contributed by atoms with van der Waals surface area (Å²) in [7, 11) is 0. The van der Waals surface area contributed by atoms with Crippen LogP contribution in [0.25, 0.3) is 0 Å². The van der Waals surface area contributed by atoms with Gasteiger partial charge in [-0.1, -0.05) is 37.3 Å². The zero-order valence-electron chi connectivity index (χ0n) is 10.8. The molecule has 0 aliphatic rings. The average molecular weight is 368 g/mol. The van der Waals surface area contributed by atoms with E-state index in [1.54, 1.807) is 0 Å². The maximum Gasteiger partial charge on any atom is 0.125 e. The molecule has 1 N–H and O–H groups in total. The fraction of sp³-hybridized carbons (Fsp3) is 0.250. The average Bonchev–Trinajstić information content (AvgIpc) is 2.46. The second-order valence-corrected chi connectivity index (χ2v) is 5.62. The molecule has 0 radical (unpaired) electrons. The van der Waals surface area contributed by atoms with Crippen molar-refractivity contribution in [3.8, 4) is 5.75 Å². The third-order valence-corrected chi connectivity index (χ3v) is 3.69. The molecule has 0 heterocycles. The highest BCUT2D eigenvalue weighted by Gasteiger charge is 2.10. The number of rotatable bonds is 5. The summed E-state index contributed by atoms with van der Waals surface area (Å²) in [5, 5.41) is 9.96. The molecule has 0 aromatic heterocycles. The Bertz CT molecular complexity index is 523. The molecule has 0 bridgehead atoms. The maximum atomic E-state index is 9.96. The lowest BCUT2D eigenvalue weighted by atomic mass is 10.1. The van der Waals surface area contributed by atoms with Crippen molar-refractivity contribution in [3.05, 3.63) is 63.2 Å². The van der Waals surface area contributed by atoms with Crippen molar-refractivity contribution in [1.82, 2.24) is 0 Å². The number of ether oxygens (including phenoxy) is 1. The van der Waals surface area contributed by atoms with Gasteiger partial charge in [0.1, 0.15) is 12.4 Å². The minimum atomic E-state index is -0.465. The number of aliphatic hydroxyl groups is 1. The van der Waals surface area contributed by atoms with Gasteiger partial charge in [0.2, 0.25) is 0 Å². The molecule has 2 nitrogen and oxygen atoms in total. The molecule has 0 spiro atoms. The van der Waals surface area contributed by atoms with E-state index in [4.69, 9.17) is 4.74 Å². The van der Waals surface area contributed by atoms with Crippen LogP contribution in [0.4, 0.5) is 0 Å². The predicted octanol–water partition coefficient (Wildman–Crippen LogP) is 4.31. The van der Waals surface area contributed by atoms with Crippen LogP contribution in [-0.2, 0) is 6.61 Å². The van der Waals surface area contributed by atoms with E-state index in [0.717, 1.165) is 16.9 Å². The highest BCUT2D eigenvalue weighted by atomic mass is 127. The molecule has 0 aliphatic carbocycles. The summed E-state index contributed by atoms with van der Waals surface area (Å²) in [4.78, 5) is 0. The molecule has 0 unspecified atom stereocenters. The Kier molecular flexibility index (Phi) is 5.22. The topological polar surface area (TPSA) is 29.5 Å². The van der Waals surface area contributed by atoms with E-state index in [-0.39, 0.29) is 0 Å². The van der Waals surface area contributed by atoms with Gasteiger partial charge in [0.05, 0.1) is 6.10 Å². The first kappa shape index (κ1) is 14.3. The molecule has 2 aromatic carbocycles. The van der Waals surface area contributed by atoms with Crippen molar-refractivity contribution in [3.63, 3.8) is 0 Å². The van der Waals surface area contributed by atoms with Crippen LogP contribution in [0, 0.1) is 3.57 Å². The molecule has 100 valence electrons. The van der Waals surface area contributed by atoms with Crippen LogP contribution >= 0.6 is 22.6 Å². The molecule has 0 fully saturated rings. The first-order valence-corrected chi connectivity index (χ1v) is 7.43. The summed E-state index contributed by atoms with van der Waals surface area (Å²) in [5.74, 6) is 0.760. The van der Waals surface area contributed by atoms with E-state index in [1.807, 2.05) is 31.2 Å². The van der Waals surface area contributed by atoms with E-state index in [0.29, 0.717) is 13.0 Å². The molecule has 3 heteroatoms. The zero-order chi connectivity index (χ0) is 13.7. The van der Waals surface area contributed by atoms with Crippen molar-refractivity contribution < 1.29 is 9.84 Å². The first-order valence-electron chi connectivity index (χ1n) is 6.35. The summed E-state index contributed by atoms with van der Waals surface area (Å²) in [6, 6.07) is 15.9. The SMILES string of the molecule is CC[C@@H](O)c1ccccc1OCc1ccc(I)cc1. The fourth-order valence-electron chi connectivity index (χ4n) is 1.85. The van der Waals surface area contributed by atoms with Crippen molar-refractivity contribution >= 4 is 22.6 Å².